The van der Waals surface area contributed by atoms with Gasteiger partial charge in [-0.15, -0.1) is 0 Å². The molecule has 0 aromatic heterocycles. The Morgan fingerprint density at radius 1 is 1.11 bits per heavy atom. The third-order valence-electron chi connectivity index (χ3n) is 4.63. The molecule has 2 aliphatic carbocycles. The third kappa shape index (κ3) is 2.32. The molecule has 0 radical (unpaired) electrons. The second-order valence-corrected chi connectivity index (χ2v) is 6.16. The zero-order chi connectivity index (χ0) is 12.5. The van der Waals surface area contributed by atoms with Crippen molar-refractivity contribution < 1.29 is 0 Å². The normalized spacial score (nSPS) is 35.4. The molecule has 2 heteroatoms. The summed E-state index contributed by atoms with van der Waals surface area (Å²) in [6.45, 7) is 2.38. The second-order valence-electron chi connectivity index (χ2n) is 6.16. The van der Waals surface area contributed by atoms with Crippen molar-refractivity contribution in [3.05, 3.63) is 35.4 Å². The molecule has 2 nitrogen and oxygen atoms in total. The molecule has 4 atom stereocenters. The highest BCUT2D eigenvalue weighted by atomic mass is 15.0. The fraction of sp³-hybridized carbons (Fsp3) is 0.625. The van der Waals surface area contributed by atoms with E-state index in [4.69, 9.17) is 5.73 Å². The number of fused-ring (bicyclic) bond motifs is 1. The standard InChI is InChI=1S/C16H24N2/c1-11-5-4-6-12(9-11)18-16-10-15(17)13-7-2-3-8-14(13)16/h2-3,7-8,11-12,15-16,18H,4-6,9-10,17H2,1H3. The number of rotatable bonds is 2. The van der Waals surface area contributed by atoms with Gasteiger partial charge < -0.3 is 11.1 Å². The van der Waals surface area contributed by atoms with Crippen molar-refractivity contribution >= 4 is 0 Å². The van der Waals surface area contributed by atoms with Gasteiger partial charge in [0.2, 0.25) is 0 Å². The lowest BCUT2D eigenvalue weighted by atomic mass is 9.86. The Balaban J connectivity index is 1.71. The Kier molecular flexibility index (Phi) is 3.40. The van der Waals surface area contributed by atoms with Crippen LogP contribution in [-0.2, 0) is 0 Å². The van der Waals surface area contributed by atoms with Crippen LogP contribution in [-0.4, -0.2) is 6.04 Å². The fourth-order valence-corrected chi connectivity index (χ4v) is 3.70. The van der Waals surface area contributed by atoms with Crippen LogP contribution in [0.5, 0.6) is 0 Å². The highest BCUT2D eigenvalue weighted by Gasteiger charge is 2.30. The molecule has 0 amide bonds. The molecule has 3 rings (SSSR count). The molecule has 98 valence electrons. The molecular formula is C16H24N2. The lowest BCUT2D eigenvalue weighted by Gasteiger charge is -2.30. The monoisotopic (exact) mass is 244 g/mol. The van der Waals surface area contributed by atoms with E-state index in [0.29, 0.717) is 12.1 Å². The number of nitrogens with one attached hydrogen (secondary N) is 1. The lowest BCUT2D eigenvalue weighted by Crippen LogP contribution is -2.35. The minimum atomic E-state index is 0.222. The smallest absolute Gasteiger partial charge is 0.0344 e. The summed E-state index contributed by atoms with van der Waals surface area (Å²) in [6, 6.07) is 10.1. The van der Waals surface area contributed by atoms with E-state index in [-0.39, 0.29) is 6.04 Å². The predicted molar refractivity (Wildman–Crippen MR) is 75.3 cm³/mol. The molecule has 1 aromatic rings. The van der Waals surface area contributed by atoms with Crippen LogP contribution in [0.2, 0.25) is 0 Å². The largest absolute Gasteiger partial charge is 0.324 e. The summed E-state index contributed by atoms with van der Waals surface area (Å²) in [7, 11) is 0. The molecule has 3 N–H and O–H groups in total. The Bertz CT molecular complexity index is 415. The molecule has 4 unspecified atom stereocenters. The van der Waals surface area contributed by atoms with Crippen molar-refractivity contribution in [2.45, 2.75) is 57.2 Å². The maximum Gasteiger partial charge on any atom is 0.0344 e. The summed E-state index contributed by atoms with van der Waals surface area (Å²) in [5.41, 5.74) is 9.01. The summed E-state index contributed by atoms with van der Waals surface area (Å²) in [5, 5.41) is 3.85. The highest BCUT2D eigenvalue weighted by molar-refractivity contribution is 5.37. The van der Waals surface area contributed by atoms with Crippen molar-refractivity contribution in [3.8, 4) is 0 Å². The molecule has 2 aliphatic rings. The van der Waals surface area contributed by atoms with Gasteiger partial charge in [0.15, 0.2) is 0 Å². The van der Waals surface area contributed by atoms with E-state index in [1.165, 1.54) is 36.8 Å². The molecule has 0 bridgehead atoms. The van der Waals surface area contributed by atoms with Gasteiger partial charge in [-0.05, 0) is 36.3 Å². The second kappa shape index (κ2) is 5.02. The Hall–Kier alpha value is -0.860. The predicted octanol–water partition coefficient (Wildman–Crippen LogP) is 3.30. The van der Waals surface area contributed by atoms with Gasteiger partial charge in [-0.25, -0.2) is 0 Å². The highest BCUT2D eigenvalue weighted by Crippen LogP contribution is 2.38. The zero-order valence-corrected chi connectivity index (χ0v) is 11.2. The van der Waals surface area contributed by atoms with Crippen molar-refractivity contribution in [1.82, 2.24) is 5.32 Å². The molecule has 0 heterocycles. The number of nitrogens with two attached hydrogens (primary N) is 1. The topological polar surface area (TPSA) is 38.0 Å². The first-order chi connectivity index (χ1) is 8.74. The van der Waals surface area contributed by atoms with E-state index in [2.05, 4.69) is 36.5 Å². The number of hydrogen-bond donors (Lipinski definition) is 2. The first-order valence-corrected chi connectivity index (χ1v) is 7.34. The van der Waals surface area contributed by atoms with Gasteiger partial charge in [-0.3, -0.25) is 0 Å². The minimum Gasteiger partial charge on any atom is -0.324 e. The van der Waals surface area contributed by atoms with Crippen molar-refractivity contribution in [2.75, 3.05) is 0 Å². The van der Waals surface area contributed by atoms with Crippen molar-refractivity contribution in [1.29, 1.82) is 0 Å². The Morgan fingerprint density at radius 2 is 1.89 bits per heavy atom. The van der Waals surface area contributed by atoms with E-state index in [1.54, 1.807) is 0 Å². The van der Waals surface area contributed by atoms with E-state index in [9.17, 15) is 0 Å². The zero-order valence-electron chi connectivity index (χ0n) is 11.2. The third-order valence-corrected chi connectivity index (χ3v) is 4.63. The van der Waals surface area contributed by atoms with Crippen molar-refractivity contribution in [2.24, 2.45) is 11.7 Å². The van der Waals surface area contributed by atoms with E-state index in [0.717, 1.165) is 12.3 Å². The van der Waals surface area contributed by atoms with Crippen LogP contribution in [0.15, 0.2) is 24.3 Å². The summed E-state index contributed by atoms with van der Waals surface area (Å²) in [5.74, 6) is 0.876. The summed E-state index contributed by atoms with van der Waals surface area (Å²) in [4.78, 5) is 0. The molecule has 1 saturated carbocycles. The average Bonchev–Trinajstić information content (AvgIpc) is 2.67. The first kappa shape index (κ1) is 12.2. The Labute approximate surface area is 110 Å². The van der Waals surface area contributed by atoms with Gasteiger partial charge in [0, 0.05) is 18.1 Å². The fourth-order valence-electron chi connectivity index (χ4n) is 3.70. The summed E-state index contributed by atoms with van der Waals surface area (Å²) >= 11 is 0. The van der Waals surface area contributed by atoms with E-state index in [1.807, 2.05) is 0 Å². The molecule has 18 heavy (non-hydrogen) atoms. The van der Waals surface area contributed by atoms with Gasteiger partial charge >= 0.3 is 0 Å². The lowest BCUT2D eigenvalue weighted by molar-refractivity contribution is 0.278. The molecule has 1 aromatic carbocycles. The summed E-state index contributed by atoms with van der Waals surface area (Å²) < 4.78 is 0. The van der Waals surface area contributed by atoms with Crippen LogP contribution in [0.3, 0.4) is 0 Å². The minimum absolute atomic E-state index is 0.222. The van der Waals surface area contributed by atoms with Gasteiger partial charge in [-0.2, -0.15) is 0 Å². The molecule has 0 aliphatic heterocycles. The number of benzene rings is 1. The molecular weight excluding hydrogens is 220 g/mol. The van der Waals surface area contributed by atoms with E-state index < -0.39 is 0 Å². The number of hydrogen-bond acceptors (Lipinski definition) is 2. The Morgan fingerprint density at radius 3 is 2.67 bits per heavy atom. The van der Waals surface area contributed by atoms with Crippen LogP contribution < -0.4 is 11.1 Å². The van der Waals surface area contributed by atoms with Gasteiger partial charge in [-0.1, -0.05) is 44.0 Å². The van der Waals surface area contributed by atoms with Gasteiger partial charge in [0.25, 0.3) is 0 Å². The summed E-state index contributed by atoms with van der Waals surface area (Å²) in [6.07, 6.45) is 6.49. The maximum absolute atomic E-state index is 6.23. The van der Waals surface area contributed by atoms with Crippen LogP contribution in [0.1, 0.15) is 62.2 Å². The van der Waals surface area contributed by atoms with Gasteiger partial charge in [0.1, 0.15) is 0 Å². The van der Waals surface area contributed by atoms with Crippen LogP contribution in [0.25, 0.3) is 0 Å². The molecule has 0 saturated heterocycles. The molecule has 1 fully saturated rings. The van der Waals surface area contributed by atoms with E-state index >= 15 is 0 Å². The SMILES string of the molecule is CC1CCCC(NC2CC(N)c3ccccc32)C1. The average molecular weight is 244 g/mol. The quantitative estimate of drug-likeness (QED) is 0.837. The maximum atomic E-state index is 6.23. The van der Waals surface area contributed by atoms with Crippen LogP contribution in [0, 0.1) is 5.92 Å². The van der Waals surface area contributed by atoms with Crippen LogP contribution in [0.4, 0.5) is 0 Å². The molecule has 0 spiro atoms. The van der Waals surface area contributed by atoms with Crippen molar-refractivity contribution in [3.63, 3.8) is 0 Å². The van der Waals surface area contributed by atoms with Crippen LogP contribution >= 0.6 is 0 Å². The first-order valence-electron chi connectivity index (χ1n) is 7.34. The van der Waals surface area contributed by atoms with Gasteiger partial charge in [0.05, 0.1) is 0 Å².